The topological polar surface area (TPSA) is 191 Å². The Morgan fingerprint density at radius 1 is 1.17 bits per heavy atom. The van der Waals surface area contributed by atoms with Crippen molar-refractivity contribution in [2.24, 2.45) is 5.41 Å². The maximum Gasteiger partial charge on any atom is 0.327 e. The van der Waals surface area contributed by atoms with Crippen LogP contribution in [0.25, 0.3) is 6.08 Å². The van der Waals surface area contributed by atoms with Gasteiger partial charge < -0.3 is 44.5 Å². The summed E-state index contributed by atoms with van der Waals surface area (Å²) in [5.41, 5.74) is -0.397. The van der Waals surface area contributed by atoms with Crippen molar-refractivity contribution in [3.8, 4) is 0 Å². The molecule has 1 aromatic rings. The second-order valence-electron chi connectivity index (χ2n) is 13.3. The SMILES string of the molecule is CC(C)(C)OC(=O)CCC(CO)NC(=O)CCNC(=O)C12CC3OC(=O)C1N(Cc1cccc(C=COCCO)c1)OC2C1OCOC31. The van der Waals surface area contributed by atoms with Crippen LogP contribution in [0, 0.1) is 5.41 Å². The average molecular weight is 676 g/mol. The normalized spacial score (nSPS) is 28.4. The van der Waals surface area contributed by atoms with E-state index in [1.807, 2.05) is 24.3 Å². The molecule has 4 fully saturated rings. The van der Waals surface area contributed by atoms with Crippen molar-refractivity contribution in [3.05, 3.63) is 41.7 Å². The van der Waals surface area contributed by atoms with Crippen LogP contribution in [-0.2, 0) is 54.2 Å². The van der Waals surface area contributed by atoms with E-state index < -0.39 is 71.3 Å². The van der Waals surface area contributed by atoms with Gasteiger partial charge in [-0.3, -0.25) is 24.0 Å². The number of ether oxygens (including phenoxy) is 5. The van der Waals surface area contributed by atoms with Gasteiger partial charge in [0.1, 0.15) is 48.8 Å². The summed E-state index contributed by atoms with van der Waals surface area (Å²) < 4.78 is 27.9. The Morgan fingerprint density at radius 2 is 1.96 bits per heavy atom. The molecule has 3 saturated heterocycles. The zero-order chi connectivity index (χ0) is 34.5. The summed E-state index contributed by atoms with van der Waals surface area (Å²) in [5, 5.41) is 25.6. The van der Waals surface area contributed by atoms with E-state index in [9.17, 15) is 24.3 Å². The fourth-order valence-corrected chi connectivity index (χ4v) is 6.70. The molecule has 5 rings (SSSR count). The Hall–Kier alpha value is -3.60. The molecule has 7 atom stereocenters. The lowest BCUT2D eigenvalue weighted by Gasteiger charge is -2.48. The molecular weight excluding hydrogens is 630 g/mol. The Balaban J connectivity index is 1.25. The highest BCUT2D eigenvalue weighted by Gasteiger charge is 2.74. The van der Waals surface area contributed by atoms with Gasteiger partial charge in [-0.1, -0.05) is 24.3 Å². The largest absolute Gasteiger partial charge is 0.499 e. The van der Waals surface area contributed by atoms with Crippen molar-refractivity contribution in [2.45, 2.75) is 95.1 Å². The molecule has 1 aliphatic carbocycles. The van der Waals surface area contributed by atoms with Gasteiger partial charge in [-0.15, -0.1) is 0 Å². The van der Waals surface area contributed by atoms with E-state index in [4.69, 9.17) is 33.6 Å². The number of carbonyl (C=O) groups is 4. The third-order valence-electron chi connectivity index (χ3n) is 8.69. The lowest BCUT2D eigenvalue weighted by molar-refractivity contribution is -0.201. The van der Waals surface area contributed by atoms with Crippen molar-refractivity contribution in [3.63, 3.8) is 0 Å². The van der Waals surface area contributed by atoms with Crippen LogP contribution in [0.15, 0.2) is 30.5 Å². The number of hydroxylamine groups is 2. The van der Waals surface area contributed by atoms with Gasteiger partial charge in [0.15, 0.2) is 6.04 Å². The van der Waals surface area contributed by atoms with Crippen LogP contribution in [-0.4, -0.2) is 114 Å². The molecule has 0 aromatic heterocycles. The van der Waals surface area contributed by atoms with E-state index >= 15 is 0 Å². The molecule has 264 valence electrons. The summed E-state index contributed by atoms with van der Waals surface area (Å²) in [6, 6.07) is 5.72. The summed E-state index contributed by atoms with van der Waals surface area (Å²) >= 11 is 0. The van der Waals surface area contributed by atoms with Crippen molar-refractivity contribution in [2.75, 3.05) is 33.2 Å². The van der Waals surface area contributed by atoms with E-state index in [1.165, 1.54) is 11.3 Å². The summed E-state index contributed by atoms with van der Waals surface area (Å²) in [6.45, 7) is 5.05. The van der Waals surface area contributed by atoms with Crippen LogP contribution in [0.4, 0.5) is 0 Å². The molecule has 1 aromatic carbocycles. The van der Waals surface area contributed by atoms with Gasteiger partial charge in [0.25, 0.3) is 0 Å². The molecule has 2 bridgehead atoms. The molecule has 15 nitrogen and oxygen atoms in total. The first-order valence-electron chi connectivity index (χ1n) is 16.2. The third-order valence-corrected chi connectivity index (χ3v) is 8.69. The molecule has 1 saturated carbocycles. The Bertz CT molecular complexity index is 1370. The molecule has 7 unspecified atom stereocenters. The fourth-order valence-electron chi connectivity index (χ4n) is 6.70. The van der Waals surface area contributed by atoms with Gasteiger partial charge in [-0.05, 0) is 44.4 Å². The second kappa shape index (κ2) is 15.3. The standard InChI is InChI=1S/C33H45N3O12/c1-32(2,3)47-25(40)8-7-22(18-38)35-24(39)9-11-34-31(42)33-16-23-26-27(45-19-44-26)29(33)48-36(28(33)30(41)46-23)17-21-6-4-5-20(15-21)10-13-43-14-12-37/h4-6,10,13,15,22-23,26-29,37-38H,7-9,11-12,14,16-19H2,1-3H3,(H,34,42)(H,35,39). The minimum atomic E-state index is -1.37. The molecule has 4 aliphatic rings. The zero-order valence-electron chi connectivity index (χ0n) is 27.4. The number of rotatable bonds is 15. The summed E-state index contributed by atoms with van der Waals surface area (Å²) in [6.07, 6.45) is 0.670. The fraction of sp³-hybridized carbons (Fsp3) is 0.636. The summed E-state index contributed by atoms with van der Waals surface area (Å²) in [4.78, 5) is 58.8. The molecular formula is C33H45N3O12. The number of aliphatic hydroxyl groups is 2. The van der Waals surface area contributed by atoms with Crippen molar-refractivity contribution in [1.82, 2.24) is 15.7 Å². The lowest BCUT2D eigenvalue weighted by atomic mass is 9.62. The van der Waals surface area contributed by atoms with Crippen LogP contribution in [0.1, 0.15) is 57.6 Å². The number of esters is 2. The lowest BCUT2D eigenvalue weighted by Crippen LogP contribution is -2.69. The number of carbonyl (C=O) groups excluding carboxylic acids is 4. The molecule has 0 radical (unpaired) electrons. The van der Waals surface area contributed by atoms with E-state index in [0.29, 0.717) is 0 Å². The third kappa shape index (κ3) is 7.98. The highest BCUT2D eigenvalue weighted by Crippen LogP contribution is 2.55. The minimum absolute atomic E-state index is 0.0204. The summed E-state index contributed by atoms with van der Waals surface area (Å²) in [7, 11) is 0. The number of nitrogens with zero attached hydrogens (tertiary/aromatic N) is 1. The Kier molecular flexibility index (Phi) is 11.4. The molecule has 3 aliphatic heterocycles. The van der Waals surface area contributed by atoms with Gasteiger partial charge in [0, 0.05) is 25.8 Å². The highest BCUT2D eigenvalue weighted by molar-refractivity contribution is 5.94. The first-order chi connectivity index (χ1) is 22.9. The van der Waals surface area contributed by atoms with E-state index in [1.54, 1.807) is 26.8 Å². The van der Waals surface area contributed by atoms with Gasteiger partial charge in [-0.25, -0.2) is 0 Å². The van der Waals surface area contributed by atoms with Crippen LogP contribution in [0.2, 0.25) is 0 Å². The first-order valence-corrected chi connectivity index (χ1v) is 16.2. The number of nitrogens with one attached hydrogen (secondary N) is 2. The number of hydrogen-bond acceptors (Lipinski definition) is 13. The van der Waals surface area contributed by atoms with Gasteiger partial charge in [-0.2, -0.15) is 5.06 Å². The van der Waals surface area contributed by atoms with E-state index in [-0.39, 0.29) is 65.4 Å². The van der Waals surface area contributed by atoms with Crippen LogP contribution in [0.3, 0.4) is 0 Å². The first kappa shape index (κ1) is 35.7. The predicted molar refractivity (Wildman–Crippen MR) is 166 cm³/mol. The van der Waals surface area contributed by atoms with Crippen molar-refractivity contribution >= 4 is 29.8 Å². The smallest absolute Gasteiger partial charge is 0.327 e. The molecule has 48 heavy (non-hydrogen) atoms. The zero-order valence-corrected chi connectivity index (χ0v) is 27.4. The molecule has 3 heterocycles. The maximum atomic E-state index is 14.1. The molecule has 0 spiro atoms. The maximum absolute atomic E-state index is 14.1. The van der Waals surface area contributed by atoms with Gasteiger partial charge in [0.2, 0.25) is 11.8 Å². The minimum Gasteiger partial charge on any atom is -0.499 e. The summed E-state index contributed by atoms with van der Waals surface area (Å²) in [5.74, 6) is -1.94. The van der Waals surface area contributed by atoms with Crippen LogP contribution >= 0.6 is 0 Å². The number of fused-ring (bicyclic) bond motifs is 4. The monoisotopic (exact) mass is 675 g/mol. The molecule has 15 heteroatoms. The predicted octanol–water partition coefficient (Wildman–Crippen LogP) is 0.313. The Morgan fingerprint density at radius 3 is 2.71 bits per heavy atom. The van der Waals surface area contributed by atoms with Gasteiger partial charge in [0.05, 0.1) is 32.1 Å². The van der Waals surface area contributed by atoms with Crippen LogP contribution in [0.5, 0.6) is 0 Å². The van der Waals surface area contributed by atoms with Crippen molar-refractivity contribution < 1.29 is 57.9 Å². The molecule has 2 amide bonds. The number of hydrogen-bond donors (Lipinski definition) is 4. The van der Waals surface area contributed by atoms with E-state index in [2.05, 4.69) is 10.6 Å². The Labute approximate surface area is 278 Å². The van der Waals surface area contributed by atoms with Crippen LogP contribution < -0.4 is 10.6 Å². The van der Waals surface area contributed by atoms with E-state index in [0.717, 1.165) is 11.1 Å². The number of benzene rings is 1. The molecule has 4 N–H and O–H groups in total. The number of aliphatic hydroxyl groups excluding tert-OH is 2. The van der Waals surface area contributed by atoms with Crippen molar-refractivity contribution in [1.29, 1.82) is 0 Å². The quantitative estimate of drug-likeness (QED) is 0.113. The number of amides is 2. The highest BCUT2D eigenvalue weighted by atomic mass is 16.8. The average Bonchev–Trinajstić information content (AvgIpc) is 3.65. The second-order valence-corrected chi connectivity index (χ2v) is 13.3. The van der Waals surface area contributed by atoms with Gasteiger partial charge >= 0.3 is 11.9 Å².